The van der Waals surface area contributed by atoms with Crippen molar-refractivity contribution in [2.24, 2.45) is 0 Å². The number of aldehydes is 1. The van der Waals surface area contributed by atoms with Gasteiger partial charge in [0.05, 0.1) is 0 Å². The first-order valence-corrected chi connectivity index (χ1v) is 2.44. The summed E-state index contributed by atoms with van der Waals surface area (Å²) >= 11 is 0. The Bertz CT molecular complexity index is 163. The van der Waals surface area contributed by atoms with Gasteiger partial charge in [0.15, 0.2) is 12.0 Å². The standard InChI is InChI=1S/C5H7BO4/c1-4(3-7)10-5(2)6(8)9/h3,8-9H,1-2H2. The average molecular weight is 142 g/mol. The van der Waals surface area contributed by atoms with Crippen molar-refractivity contribution in [1.29, 1.82) is 0 Å². The number of hydrogen-bond donors (Lipinski definition) is 2. The monoisotopic (exact) mass is 142 g/mol. The minimum Gasteiger partial charge on any atom is -0.463 e. The number of rotatable bonds is 4. The van der Waals surface area contributed by atoms with E-state index in [0.717, 1.165) is 0 Å². The molecule has 0 radical (unpaired) electrons. The number of allylic oxidation sites excluding steroid dienone is 1. The topological polar surface area (TPSA) is 66.8 Å². The predicted octanol–water partition coefficient (Wildman–Crippen LogP) is -0.759. The molecule has 0 saturated carbocycles. The molecular weight excluding hydrogens is 135 g/mol. The lowest BCUT2D eigenvalue weighted by molar-refractivity contribution is -0.107. The third-order valence-electron chi connectivity index (χ3n) is 0.682. The van der Waals surface area contributed by atoms with Crippen LogP contribution in [0.4, 0.5) is 0 Å². The van der Waals surface area contributed by atoms with E-state index in [-0.39, 0.29) is 11.4 Å². The lowest BCUT2D eigenvalue weighted by atomic mass is 9.89. The van der Waals surface area contributed by atoms with Gasteiger partial charge in [-0.2, -0.15) is 0 Å². The number of ether oxygens (including phenoxy) is 1. The molecule has 0 saturated heterocycles. The van der Waals surface area contributed by atoms with Gasteiger partial charge in [0, 0.05) is 0 Å². The minimum atomic E-state index is -1.78. The van der Waals surface area contributed by atoms with Crippen LogP contribution in [0.15, 0.2) is 24.6 Å². The quantitative estimate of drug-likeness (QED) is 0.234. The smallest absolute Gasteiger partial charge is 0.463 e. The van der Waals surface area contributed by atoms with Crippen molar-refractivity contribution in [3.63, 3.8) is 0 Å². The molecule has 0 aliphatic carbocycles. The molecule has 0 heterocycles. The summed E-state index contributed by atoms with van der Waals surface area (Å²) in [5.74, 6) is -0.210. The average Bonchev–Trinajstić information content (AvgIpc) is 1.87. The van der Waals surface area contributed by atoms with Crippen LogP contribution >= 0.6 is 0 Å². The molecule has 54 valence electrons. The first kappa shape index (κ1) is 8.93. The van der Waals surface area contributed by atoms with Gasteiger partial charge in [0.25, 0.3) is 0 Å². The zero-order chi connectivity index (χ0) is 8.15. The summed E-state index contributed by atoms with van der Waals surface area (Å²) in [6.45, 7) is 6.22. The van der Waals surface area contributed by atoms with Gasteiger partial charge in [-0.3, -0.25) is 4.79 Å². The molecule has 5 heteroatoms. The SMILES string of the molecule is C=C(C=O)OC(=C)B(O)O. The summed E-state index contributed by atoms with van der Waals surface area (Å²) in [6.07, 6.45) is 0.341. The van der Waals surface area contributed by atoms with E-state index in [0.29, 0.717) is 6.29 Å². The molecule has 0 aromatic heterocycles. The van der Waals surface area contributed by atoms with Crippen LogP contribution in [-0.4, -0.2) is 23.5 Å². The Hall–Kier alpha value is -1.07. The molecule has 0 amide bonds. The Morgan fingerprint density at radius 3 is 2.30 bits per heavy atom. The largest absolute Gasteiger partial charge is 0.525 e. The molecule has 0 aromatic carbocycles. The number of hydrogen-bond acceptors (Lipinski definition) is 4. The van der Waals surface area contributed by atoms with Crippen molar-refractivity contribution < 1.29 is 19.6 Å². The van der Waals surface area contributed by atoms with Crippen LogP contribution in [0.2, 0.25) is 0 Å². The fraction of sp³-hybridized carbons (Fsp3) is 0. The summed E-state index contributed by atoms with van der Waals surface area (Å²) < 4.78 is 4.40. The van der Waals surface area contributed by atoms with Crippen LogP contribution < -0.4 is 0 Å². The van der Waals surface area contributed by atoms with Crippen LogP contribution in [0.5, 0.6) is 0 Å². The highest BCUT2D eigenvalue weighted by molar-refractivity contribution is 6.49. The van der Waals surface area contributed by atoms with Crippen LogP contribution in [0.3, 0.4) is 0 Å². The Balaban J connectivity index is 3.80. The van der Waals surface area contributed by atoms with Crippen molar-refractivity contribution in [1.82, 2.24) is 0 Å². The molecule has 0 rings (SSSR count). The Kier molecular flexibility index (Phi) is 3.45. The summed E-state index contributed by atoms with van der Waals surface area (Å²) in [5, 5.41) is 16.7. The third kappa shape index (κ3) is 3.06. The molecule has 0 bridgehead atoms. The van der Waals surface area contributed by atoms with Crippen molar-refractivity contribution in [2.45, 2.75) is 0 Å². The fourth-order valence-electron chi connectivity index (χ4n) is 0.245. The van der Waals surface area contributed by atoms with Crippen LogP contribution in [0.1, 0.15) is 0 Å². The molecule has 0 spiro atoms. The summed E-state index contributed by atoms with van der Waals surface area (Å²) in [5.41, 5.74) is -0.322. The molecule has 0 fully saturated rings. The second-order valence-electron chi connectivity index (χ2n) is 1.53. The Morgan fingerprint density at radius 1 is 1.50 bits per heavy atom. The maximum absolute atomic E-state index is 9.83. The number of carbonyl (C=O) groups excluding carboxylic acids is 1. The second-order valence-corrected chi connectivity index (χ2v) is 1.53. The van der Waals surface area contributed by atoms with Gasteiger partial charge in [0.1, 0.15) is 5.66 Å². The van der Waals surface area contributed by atoms with Gasteiger partial charge in [-0.15, -0.1) is 0 Å². The van der Waals surface area contributed by atoms with Crippen molar-refractivity contribution >= 4 is 13.4 Å². The minimum absolute atomic E-state index is 0.210. The molecule has 0 atom stereocenters. The van der Waals surface area contributed by atoms with E-state index in [9.17, 15) is 4.79 Å². The van der Waals surface area contributed by atoms with Gasteiger partial charge in [-0.25, -0.2) is 0 Å². The Labute approximate surface area is 58.6 Å². The molecular formula is C5H7BO4. The third-order valence-corrected chi connectivity index (χ3v) is 0.682. The summed E-state index contributed by atoms with van der Waals surface area (Å²) in [4.78, 5) is 9.83. The fourth-order valence-corrected chi connectivity index (χ4v) is 0.245. The first-order chi connectivity index (χ1) is 4.57. The van der Waals surface area contributed by atoms with Gasteiger partial charge >= 0.3 is 7.12 Å². The zero-order valence-electron chi connectivity index (χ0n) is 5.28. The molecule has 0 aromatic rings. The molecule has 10 heavy (non-hydrogen) atoms. The normalized spacial score (nSPS) is 8.20. The Morgan fingerprint density at radius 2 is 2.00 bits per heavy atom. The van der Waals surface area contributed by atoms with E-state index in [1.165, 1.54) is 0 Å². The second kappa shape index (κ2) is 3.87. The molecule has 2 N–H and O–H groups in total. The molecule has 4 nitrogen and oxygen atoms in total. The van der Waals surface area contributed by atoms with E-state index in [1.807, 2.05) is 0 Å². The van der Waals surface area contributed by atoms with E-state index >= 15 is 0 Å². The first-order valence-electron chi connectivity index (χ1n) is 2.44. The maximum Gasteiger partial charge on any atom is 0.525 e. The highest BCUT2D eigenvalue weighted by Gasteiger charge is 2.14. The highest BCUT2D eigenvalue weighted by Crippen LogP contribution is 1.99. The maximum atomic E-state index is 9.83. The molecule has 0 aliphatic heterocycles. The van der Waals surface area contributed by atoms with E-state index in [1.54, 1.807) is 0 Å². The van der Waals surface area contributed by atoms with Gasteiger partial charge in [-0.1, -0.05) is 13.2 Å². The molecule has 0 aliphatic rings. The van der Waals surface area contributed by atoms with Crippen molar-refractivity contribution in [2.75, 3.05) is 0 Å². The van der Waals surface area contributed by atoms with Gasteiger partial charge < -0.3 is 14.8 Å². The zero-order valence-corrected chi connectivity index (χ0v) is 5.28. The lowest BCUT2D eigenvalue weighted by Gasteiger charge is -2.03. The van der Waals surface area contributed by atoms with E-state index < -0.39 is 7.12 Å². The predicted molar refractivity (Wildman–Crippen MR) is 35.6 cm³/mol. The van der Waals surface area contributed by atoms with Gasteiger partial charge in [-0.05, 0) is 0 Å². The van der Waals surface area contributed by atoms with E-state index in [2.05, 4.69) is 17.9 Å². The van der Waals surface area contributed by atoms with Crippen LogP contribution in [0, 0.1) is 0 Å². The van der Waals surface area contributed by atoms with Crippen LogP contribution in [0.25, 0.3) is 0 Å². The number of carbonyl (C=O) groups is 1. The van der Waals surface area contributed by atoms with Gasteiger partial charge in [0.2, 0.25) is 0 Å². The van der Waals surface area contributed by atoms with E-state index in [4.69, 9.17) is 10.0 Å². The lowest BCUT2D eigenvalue weighted by Crippen LogP contribution is -2.16. The highest BCUT2D eigenvalue weighted by atomic mass is 16.5. The molecule has 0 unspecified atom stereocenters. The summed E-state index contributed by atoms with van der Waals surface area (Å²) in [7, 11) is -1.78. The summed E-state index contributed by atoms with van der Waals surface area (Å²) in [6, 6.07) is 0. The van der Waals surface area contributed by atoms with Crippen molar-refractivity contribution in [3.8, 4) is 0 Å². The van der Waals surface area contributed by atoms with Crippen LogP contribution in [-0.2, 0) is 9.53 Å². The van der Waals surface area contributed by atoms with Crippen molar-refractivity contribution in [3.05, 3.63) is 24.6 Å².